The number of hydrogen-bond acceptors (Lipinski definition) is 3. The van der Waals surface area contributed by atoms with Gasteiger partial charge in [-0.05, 0) is 37.8 Å². The third kappa shape index (κ3) is 2.63. The molecule has 0 bridgehead atoms. The Labute approximate surface area is 114 Å². The number of ether oxygens (including phenoxy) is 2. The van der Waals surface area contributed by atoms with Crippen LogP contribution in [-0.4, -0.2) is 31.0 Å². The molecule has 0 radical (unpaired) electrons. The maximum atomic E-state index is 9.73. The van der Waals surface area contributed by atoms with Crippen molar-refractivity contribution in [2.75, 3.05) is 19.8 Å². The van der Waals surface area contributed by atoms with Crippen LogP contribution >= 0.6 is 0 Å². The van der Waals surface area contributed by atoms with E-state index in [2.05, 4.69) is 25.1 Å². The van der Waals surface area contributed by atoms with Gasteiger partial charge in [0.05, 0.1) is 13.2 Å². The molecule has 104 valence electrons. The number of rotatable bonds is 3. The molecule has 1 aromatic carbocycles. The van der Waals surface area contributed by atoms with E-state index >= 15 is 0 Å². The molecule has 2 heterocycles. The van der Waals surface area contributed by atoms with Gasteiger partial charge in [0.2, 0.25) is 0 Å². The minimum Gasteiger partial charge on any atom is -0.490 e. The first-order valence-electron chi connectivity index (χ1n) is 7.16. The molecular formula is C16H22O3. The van der Waals surface area contributed by atoms with Crippen LogP contribution in [0.2, 0.25) is 0 Å². The molecule has 0 saturated carbocycles. The molecule has 1 N–H and O–H groups in total. The first-order chi connectivity index (χ1) is 9.21. The van der Waals surface area contributed by atoms with Crippen LogP contribution in [0.25, 0.3) is 0 Å². The number of aliphatic hydroxyl groups is 1. The summed E-state index contributed by atoms with van der Waals surface area (Å²) in [6.45, 7) is 3.80. The molecule has 0 aliphatic carbocycles. The first kappa shape index (κ1) is 12.9. The maximum absolute atomic E-state index is 9.73. The average molecular weight is 262 g/mol. The molecule has 1 saturated heterocycles. The number of fused-ring (bicyclic) bond motifs is 1. The third-order valence-electron chi connectivity index (χ3n) is 4.36. The van der Waals surface area contributed by atoms with Crippen LogP contribution in [0.4, 0.5) is 0 Å². The summed E-state index contributed by atoms with van der Waals surface area (Å²) in [7, 11) is 0. The van der Waals surface area contributed by atoms with Crippen molar-refractivity contribution in [3.63, 3.8) is 0 Å². The van der Waals surface area contributed by atoms with Gasteiger partial charge >= 0.3 is 0 Å². The highest BCUT2D eigenvalue weighted by atomic mass is 16.5. The lowest BCUT2D eigenvalue weighted by atomic mass is 9.78. The van der Waals surface area contributed by atoms with Crippen molar-refractivity contribution in [3.05, 3.63) is 29.3 Å². The van der Waals surface area contributed by atoms with Crippen LogP contribution < -0.4 is 4.74 Å². The van der Waals surface area contributed by atoms with E-state index in [1.54, 1.807) is 0 Å². The van der Waals surface area contributed by atoms with Gasteiger partial charge in [0.15, 0.2) is 0 Å². The zero-order valence-electron chi connectivity index (χ0n) is 11.5. The van der Waals surface area contributed by atoms with E-state index in [9.17, 15) is 5.11 Å². The third-order valence-corrected chi connectivity index (χ3v) is 4.36. The van der Waals surface area contributed by atoms with Crippen molar-refractivity contribution >= 4 is 0 Å². The van der Waals surface area contributed by atoms with E-state index in [1.807, 2.05) is 0 Å². The molecule has 2 atom stereocenters. The number of aryl methyl sites for hydroxylation is 1. The fourth-order valence-electron chi connectivity index (χ4n) is 3.31. The fraction of sp³-hybridized carbons (Fsp3) is 0.625. The standard InChI is InChI=1S/C16H22O3/c1-12-3-4-15-13(7-12)8-14(19-15)9-16(10-17)5-2-6-18-11-16/h3-4,7,14,17H,2,5-6,8-11H2,1H3. The minimum atomic E-state index is -0.0972. The Morgan fingerprint density at radius 1 is 1.42 bits per heavy atom. The van der Waals surface area contributed by atoms with Gasteiger partial charge in [-0.15, -0.1) is 0 Å². The summed E-state index contributed by atoms with van der Waals surface area (Å²) in [6.07, 6.45) is 4.11. The maximum Gasteiger partial charge on any atom is 0.123 e. The average Bonchev–Trinajstić information content (AvgIpc) is 2.81. The molecule has 2 aliphatic rings. The van der Waals surface area contributed by atoms with E-state index in [0.717, 1.165) is 38.0 Å². The Hall–Kier alpha value is -1.06. The van der Waals surface area contributed by atoms with Crippen LogP contribution in [0, 0.1) is 12.3 Å². The molecule has 1 aromatic rings. The predicted octanol–water partition coefficient (Wildman–Crippen LogP) is 2.48. The molecule has 0 spiro atoms. The number of aliphatic hydroxyl groups excluding tert-OH is 1. The van der Waals surface area contributed by atoms with Crippen LogP contribution in [-0.2, 0) is 11.2 Å². The van der Waals surface area contributed by atoms with Crippen molar-refractivity contribution < 1.29 is 14.6 Å². The SMILES string of the molecule is Cc1ccc2c(c1)CC(CC1(CO)CCCOC1)O2. The zero-order valence-corrected chi connectivity index (χ0v) is 11.5. The smallest absolute Gasteiger partial charge is 0.123 e. The van der Waals surface area contributed by atoms with Gasteiger partial charge in [0, 0.05) is 18.4 Å². The normalized spacial score (nSPS) is 29.9. The van der Waals surface area contributed by atoms with Gasteiger partial charge in [-0.1, -0.05) is 17.7 Å². The Kier molecular flexibility index (Phi) is 3.50. The number of hydrogen-bond donors (Lipinski definition) is 1. The highest BCUT2D eigenvalue weighted by Gasteiger charge is 2.37. The molecular weight excluding hydrogens is 240 g/mol. The Balaban J connectivity index is 1.69. The molecule has 3 nitrogen and oxygen atoms in total. The molecule has 2 unspecified atom stereocenters. The van der Waals surface area contributed by atoms with Crippen LogP contribution in [0.5, 0.6) is 5.75 Å². The van der Waals surface area contributed by atoms with Crippen molar-refractivity contribution in [2.24, 2.45) is 5.41 Å². The van der Waals surface area contributed by atoms with Crippen LogP contribution in [0.15, 0.2) is 18.2 Å². The Bertz CT molecular complexity index is 449. The fourth-order valence-corrected chi connectivity index (χ4v) is 3.31. The van der Waals surface area contributed by atoms with Gasteiger partial charge in [-0.25, -0.2) is 0 Å². The Morgan fingerprint density at radius 3 is 3.05 bits per heavy atom. The van der Waals surface area contributed by atoms with Crippen LogP contribution in [0.1, 0.15) is 30.4 Å². The monoisotopic (exact) mass is 262 g/mol. The summed E-state index contributed by atoms with van der Waals surface area (Å²) in [6, 6.07) is 6.36. The summed E-state index contributed by atoms with van der Waals surface area (Å²) < 4.78 is 11.6. The summed E-state index contributed by atoms with van der Waals surface area (Å²) in [4.78, 5) is 0. The van der Waals surface area contributed by atoms with Crippen molar-refractivity contribution in [1.82, 2.24) is 0 Å². The summed E-state index contributed by atoms with van der Waals surface area (Å²) in [5.41, 5.74) is 2.48. The number of benzene rings is 1. The van der Waals surface area contributed by atoms with Gasteiger partial charge < -0.3 is 14.6 Å². The lowest BCUT2D eigenvalue weighted by molar-refractivity contribution is -0.0570. The van der Waals surface area contributed by atoms with Gasteiger partial charge in [0.25, 0.3) is 0 Å². The lowest BCUT2D eigenvalue weighted by Gasteiger charge is -2.36. The summed E-state index contributed by atoms with van der Waals surface area (Å²) in [5, 5.41) is 9.73. The first-order valence-corrected chi connectivity index (χ1v) is 7.16. The highest BCUT2D eigenvalue weighted by molar-refractivity contribution is 5.40. The van der Waals surface area contributed by atoms with Gasteiger partial charge in [-0.3, -0.25) is 0 Å². The second kappa shape index (κ2) is 5.14. The van der Waals surface area contributed by atoms with E-state index in [4.69, 9.17) is 9.47 Å². The van der Waals surface area contributed by atoms with E-state index < -0.39 is 0 Å². The molecule has 3 rings (SSSR count). The molecule has 1 fully saturated rings. The molecule has 19 heavy (non-hydrogen) atoms. The summed E-state index contributed by atoms with van der Waals surface area (Å²) >= 11 is 0. The highest BCUT2D eigenvalue weighted by Crippen LogP contribution is 2.38. The molecule has 2 aliphatic heterocycles. The second-order valence-corrected chi connectivity index (χ2v) is 6.07. The topological polar surface area (TPSA) is 38.7 Å². The largest absolute Gasteiger partial charge is 0.490 e. The van der Waals surface area contributed by atoms with Gasteiger partial charge in [0.1, 0.15) is 11.9 Å². The minimum absolute atomic E-state index is 0.0972. The molecule has 0 aromatic heterocycles. The second-order valence-electron chi connectivity index (χ2n) is 6.07. The van der Waals surface area contributed by atoms with E-state index in [-0.39, 0.29) is 18.1 Å². The summed E-state index contributed by atoms with van der Waals surface area (Å²) in [5.74, 6) is 1.01. The van der Waals surface area contributed by atoms with Crippen molar-refractivity contribution in [2.45, 2.75) is 38.7 Å². The zero-order chi connectivity index (χ0) is 13.3. The Morgan fingerprint density at radius 2 is 2.32 bits per heavy atom. The van der Waals surface area contributed by atoms with E-state index in [1.165, 1.54) is 11.1 Å². The molecule has 0 amide bonds. The molecule has 3 heteroatoms. The van der Waals surface area contributed by atoms with E-state index in [0.29, 0.717) is 6.61 Å². The van der Waals surface area contributed by atoms with Gasteiger partial charge in [-0.2, -0.15) is 0 Å². The van der Waals surface area contributed by atoms with Crippen LogP contribution in [0.3, 0.4) is 0 Å². The quantitative estimate of drug-likeness (QED) is 0.909. The lowest BCUT2D eigenvalue weighted by Crippen LogP contribution is -2.39. The predicted molar refractivity (Wildman–Crippen MR) is 73.5 cm³/mol. The van der Waals surface area contributed by atoms with Crippen molar-refractivity contribution in [3.8, 4) is 5.75 Å². The van der Waals surface area contributed by atoms with Crippen molar-refractivity contribution in [1.29, 1.82) is 0 Å².